The standard InChI is InChI=1S/C44H81N2O7P/c1-6-8-10-12-14-16-17-18-19-20-22-23-25-29-33-41(47)40(39-52-54(49,50)51-38-37-46(3,4)5)45-44(48)36-32-28-27-31-35-43-42(53-43)34-30-26-24-21-15-13-11-9-7-2/h15,21,26-27,29-31,33,40-43,47H,6-14,16-20,22-25,28,32,34-39H2,1-5H3,(H-,45,48,49,50)/b21-15-,30-26-,31-27-,33-29+/t40-,41+,42?,43?/m0/s1. The van der Waals surface area contributed by atoms with E-state index in [4.69, 9.17) is 13.8 Å². The van der Waals surface area contributed by atoms with E-state index in [1.165, 1.54) is 89.9 Å². The van der Waals surface area contributed by atoms with Gasteiger partial charge in [-0.25, -0.2) is 0 Å². The van der Waals surface area contributed by atoms with E-state index in [2.05, 4.69) is 55.6 Å². The van der Waals surface area contributed by atoms with Crippen LogP contribution in [0, 0.1) is 0 Å². The normalized spacial score (nSPS) is 18.6. The summed E-state index contributed by atoms with van der Waals surface area (Å²) in [4.78, 5) is 25.3. The molecular formula is C44H81N2O7P. The summed E-state index contributed by atoms with van der Waals surface area (Å²) in [5.74, 6) is -0.259. The number of hydrogen-bond donors (Lipinski definition) is 2. The summed E-state index contributed by atoms with van der Waals surface area (Å²) in [7, 11) is 1.21. The van der Waals surface area contributed by atoms with Gasteiger partial charge >= 0.3 is 0 Å². The highest BCUT2D eigenvalue weighted by Gasteiger charge is 2.36. The lowest BCUT2D eigenvalue weighted by molar-refractivity contribution is -0.870. The number of unbranched alkanes of at least 4 members (excludes halogenated alkanes) is 16. The fourth-order valence-corrected chi connectivity index (χ4v) is 6.79. The van der Waals surface area contributed by atoms with Gasteiger partial charge in [-0.1, -0.05) is 146 Å². The molecule has 9 nitrogen and oxygen atoms in total. The van der Waals surface area contributed by atoms with Gasteiger partial charge in [0.2, 0.25) is 5.91 Å². The van der Waals surface area contributed by atoms with Gasteiger partial charge in [-0.05, 0) is 57.8 Å². The second-order valence-corrected chi connectivity index (χ2v) is 17.5. The van der Waals surface area contributed by atoms with Crippen molar-refractivity contribution in [3.8, 4) is 0 Å². The molecule has 10 heteroatoms. The van der Waals surface area contributed by atoms with E-state index in [0.29, 0.717) is 23.6 Å². The summed E-state index contributed by atoms with van der Waals surface area (Å²) in [6, 6.07) is -0.921. The SMILES string of the molecule is CCCCC/C=C\C/C=C\CC1OC1C/C=C\CCCC(=O)N[C@@H](COP(=O)([O-])OCC[N+](C)(C)C)[C@H](O)/C=C/CCCCCCCCCCCCCC. The highest BCUT2D eigenvalue weighted by atomic mass is 31.2. The monoisotopic (exact) mass is 781 g/mol. The van der Waals surface area contributed by atoms with E-state index in [9.17, 15) is 19.4 Å². The Kier molecular flexibility index (Phi) is 30.4. The number of amides is 1. The first-order chi connectivity index (χ1) is 26.0. The Morgan fingerprint density at radius 1 is 0.741 bits per heavy atom. The zero-order valence-corrected chi connectivity index (χ0v) is 36.0. The number of hydrogen-bond acceptors (Lipinski definition) is 7. The maximum Gasteiger partial charge on any atom is 0.268 e. The molecule has 54 heavy (non-hydrogen) atoms. The molecule has 0 radical (unpaired) electrons. The van der Waals surface area contributed by atoms with Gasteiger partial charge in [-0.2, -0.15) is 0 Å². The molecule has 5 atom stereocenters. The lowest BCUT2D eigenvalue weighted by Crippen LogP contribution is -2.45. The number of carbonyl (C=O) groups is 1. The molecule has 0 bridgehead atoms. The number of aliphatic hydroxyl groups excluding tert-OH is 1. The second-order valence-electron chi connectivity index (χ2n) is 16.1. The predicted molar refractivity (Wildman–Crippen MR) is 223 cm³/mol. The Balaban J connectivity index is 2.40. The molecule has 0 aromatic carbocycles. The highest BCUT2D eigenvalue weighted by molar-refractivity contribution is 7.45. The average molecular weight is 781 g/mol. The van der Waals surface area contributed by atoms with Gasteiger partial charge in [0.25, 0.3) is 7.82 Å². The van der Waals surface area contributed by atoms with Crippen LogP contribution in [0.15, 0.2) is 48.6 Å². The zero-order valence-electron chi connectivity index (χ0n) is 35.1. The van der Waals surface area contributed by atoms with E-state index in [1.54, 1.807) is 6.08 Å². The van der Waals surface area contributed by atoms with Crippen molar-refractivity contribution in [3.05, 3.63) is 48.6 Å². The van der Waals surface area contributed by atoms with Crippen molar-refractivity contribution in [1.29, 1.82) is 0 Å². The Hall–Kier alpha value is -1.58. The second kappa shape index (κ2) is 32.5. The average Bonchev–Trinajstić information content (AvgIpc) is 3.87. The van der Waals surface area contributed by atoms with E-state index in [-0.39, 0.29) is 25.0 Å². The van der Waals surface area contributed by atoms with Crippen molar-refractivity contribution >= 4 is 13.7 Å². The number of aliphatic hydroxyl groups is 1. The van der Waals surface area contributed by atoms with E-state index in [1.807, 2.05) is 27.2 Å². The maximum atomic E-state index is 12.8. The number of epoxide rings is 1. The number of nitrogens with one attached hydrogen (secondary N) is 1. The number of phosphoric acid groups is 1. The molecule has 1 fully saturated rings. The molecule has 0 saturated carbocycles. The Morgan fingerprint density at radius 2 is 1.24 bits per heavy atom. The van der Waals surface area contributed by atoms with Crippen LogP contribution in [0.4, 0.5) is 0 Å². The third-order valence-electron chi connectivity index (χ3n) is 9.69. The van der Waals surface area contributed by atoms with Crippen molar-refractivity contribution in [3.63, 3.8) is 0 Å². The van der Waals surface area contributed by atoms with Crippen molar-refractivity contribution < 1.29 is 37.6 Å². The Morgan fingerprint density at radius 3 is 1.87 bits per heavy atom. The van der Waals surface area contributed by atoms with Gasteiger partial charge < -0.3 is 33.6 Å². The van der Waals surface area contributed by atoms with Gasteiger partial charge in [0.15, 0.2) is 0 Å². The fourth-order valence-electron chi connectivity index (χ4n) is 6.07. The van der Waals surface area contributed by atoms with Crippen molar-refractivity contribution in [2.45, 2.75) is 186 Å². The molecule has 1 aliphatic heterocycles. The quantitative estimate of drug-likeness (QED) is 0.0212. The molecule has 0 aromatic heterocycles. The molecule has 2 N–H and O–H groups in total. The smallest absolute Gasteiger partial charge is 0.268 e. The van der Waals surface area contributed by atoms with Crippen molar-refractivity contribution in [1.82, 2.24) is 5.32 Å². The molecule has 1 aliphatic rings. The maximum absolute atomic E-state index is 12.8. The summed E-state index contributed by atoms with van der Waals surface area (Å²) in [6.45, 7) is 4.54. The molecule has 3 unspecified atom stereocenters. The minimum absolute atomic E-state index is 0.0158. The minimum atomic E-state index is -4.61. The first kappa shape index (κ1) is 50.4. The summed E-state index contributed by atoms with van der Waals surface area (Å²) in [5.41, 5.74) is 0. The van der Waals surface area contributed by atoms with Crippen LogP contribution in [0.2, 0.25) is 0 Å². The Labute approximate surface area is 331 Å². The molecule has 0 spiro atoms. The zero-order chi connectivity index (χ0) is 39.8. The van der Waals surface area contributed by atoms with Gasteiger partial charge in [-0.15, -0.1) is 0 Å². The molecule has 314 valence electrons. The molecular weight excluding hydrogens is 699 g/mol. The number of quaternary nitrogens is 1. The molecule has 1 saturated heterocycles. The van der Waals surface area contributed by atoms with Gasteiger partial charge in [0, 0.05) is 6.42 Å². The van der Waals surface area contributed by atoms with Gasteiger partial charge in [-0.3, -0.25) is 9.36 Å². The topological polar surface area (TPSA) is 120 Å². The van der Waals surface area contributed by atoms with Gasteiger partial charge in [0.05, 0.1) is 52.1 Å². The number of allylic oxidation sites excluding steroid dienone is 5. The molecule has 1 rings (SSSR count). The summed E-state index contributed by atoms with van der Waals surface area (Å²) >= 11 is 0. The van der Waals surface area contributed by atoms with Crippen LogP contribution in [-0.4, -0.2) is 80.8 Å². The van der Waals surface area contributed by atoms with E-state index < -0.39 is 26.6 Å². The molecule has 0 aliphatic carbocycles. The van der Waals surface area contributed by atoms with Crippen LogP contribution in [0.25, 0.3) is 0 Å². The molecule has 1 amide bonds. The van der Waals surface area contributed by atoms with Crippen LogP contribution < -0.4 is 10.2 Å². The van der Waals surface area contributed by atoms with Crippen LogP contribution in [0.3, 0.4) is 0 Å². The molecule has 1 heterocycles. The lowest BCUT2D eigenvalue weighted by atomic mass is 10.0. The number of phosphoric ester groups is 1. The third kappa shape index (κ3) is 31.6. The first-order valence-electron chi connectivity index (χ1n) is 21.6. The largest absolute Gasteiger partial charge is 0.756 e. The summed E-state index contributed by atoms with van der Waals surface area (Å²) in [5, 5.41) is 13.7. The van der Waals surface area contributed by atoms with Gasteiger partial charge in [0.1, 0.15) is 13.2 Å². The molecule has 0 aromatic rings. The third-order valence-corrected chi connectivity index (χ3v) is 10.6. The minimum Gasteiger partial charge on any atom is -0.756 e. The number of likely N-dealkylation sites (N-methyl/N-ethyl adjacent to an activating group) is 1. The predicted octanol–water partition coefficient (Wildman–Crippen LogP) is 10.0. The number of rotatable bonds is 37. The first-order valence-corrected chi connectivity index (χ1v) is 23.1. The lowest BCUT2D eigenvalue weighted by Gasteiger charge is -2.29. The van der Waals surface area contributed by atoms with Crippen LogP contribution in [-0.2, 0) is 23.1 Å². The van der Waals surface area contributed by atoms with Crippen molar-refractivity contribution in [2.24, 2.45) is 0 Å². The van der Waals surface area contributed by atoms with Crippen LogP contribution >= 0.6 is 7.82 Å². The number of nitrogens with zero attached hydrogens (tertiary/aromatic N) is 1. The summed E-state index contributed by atoms with van der Waals surface area (Å²) < 4.78 is 28.9. The Bertz CT molecular complexity index is 1090. The van der Waals surface area contributed by atoms with Crippen LogP contribution in [0.1, 0.15) is 162 Å². The fraction of sp³-hybridized carbons (Fsp3) is 0.795. The van der Waals surface area contributed by atoms with Crippen molar-refractivity contribution in [2.75, 3.05) is 40.9 Å². The highest BCUT2D eigenvalue weighted by Crippen LogP contribution is 2.38. The summed E-state index contributed by atoms with van der Waals surface area (Å²) in [6.07, 6.45) is 41.8. The van der Waals surface area contributed by atoms with E-state index >= 15 is 0 Å². The van der Waals surface area contributed by atoms with E-state index in [0.717, 1.165) is 44.9 Å². The number of ether oxygens (including phenoxy) is 1. The number of carbonyl (C=O) groups excluding carboxylic acids is 1. The van der Waals surface area contributed by atoms with Crippen LogP contribution in [0.5, 0.6) is 0 Å².